The Hall–Kier alpha value is -2.62. The SMILES string of the molecule is O=C(O)c1cn(C2CC2(F)F)c2c(F)c(N3CCNCC3)c(F)cc2c1=O. The molecule has 144 valence electrons. The van der Waals surface area contributed by atoms with E-state index < -0.39 is 63.6 Å². The van der Waals surface area contributed by atoms with Crippen LogP contribution in [0.15, 0.2) is 17.1 Å². The van der Waals surface area contributed by atoms with E-state index in [1.807, 2.05) is 0 Å². The molecular weight excluding hydrogens is 370 g/mol. The molecule has 1 saturated heterocycles. The standard InChI is InChI=1S/C17H15F4N3O3/c18-10-5-8-13(12(19)14(10)23-3-1-22-2-4-23)24(11-6-17(11,20)21)7-9(15(8)25)16(26)27/h5,7,11,22H,1-4,6H2,(H,26,27). The summed E-state index contributed by atoms with van der Waals surface area (Å²) < 4.78 is 58.0. The van der Waals surface area contributed by atoms with Crippen LogP contribution in [0.3, 0.4) is 0 Å². The highest BCUT2D eigenvalue weighted by molar-refractivity contribution is 5.94. The largest absolute Gasteiger partial charge is 0.477 e. The van der Waals surface area contributed by atoms with Gasteiger partial charge in [-0.3, -0.25) is 4.79 Å². The summed E-state index contributed by atoms with van der Waals surface area (Å²) in [4.78, 5) is 25.1. The number of carboxylic acid groups (broad SMARTS) is 1. The molecule has 2 fully saturated rings. The average molecular weight is 385 g/mol. The van der Waals surface area contributed by atoms with Crippen molar-refractivity contribution in [2.75, 3.05) is 31.1 Å². The summed E-state index contributed by atoms with van der Waals surface area (Å²) in [6.07, 6.45) is 0.116. The Morgan fingerprint density at radius 1 is 1.26 bits per heavy atom. The molecule has 1 aliphatic carbocycles. The summed E-state index contributed by atoms with van der Waals surface area (Å²) in [5.74, 6) is -6.96. The molecule has 2 heterocycles. The smallest absolute Gasteiger partial charge is 0.341 e. The lowest BCUT2D eigenvalue weighted by molar-refractivity contribution is 0.0692. The first-order chi connectivity index (χ1) is 12.7. The van der Waals surface area contributed by atoms with E-state index in [0.717, 1.165) is 16.8 Å². The molecule has 1 saturated carbocycles. The molecule has 1 unspecified atom stereocenters. The number of hydrogen-bond donors (Lipinski definition) is 2. The Kier molecular flexibility index (Phi) is 3.91. The Bertz CT molecular complexity index is 1010. The number of nitrogens with zero attached hydrogens (tertiary/aromatic N) is 2. The van der Waals surface area contributed by atoms with Crippen LogP contribution in [-0.2, 0) is 0 Å². The molecule has 10 heteroatoms. The van der Waals surface area contributed by atoms with Gasteiger partial charge in [0.15, 0.2) is 5.82 Å². The normalized spacial score (nSPS) is 21.5. The number of alkyl halides is 2. The lowest BCUT2D eigenvalue weighted by Gasteiger charge is -2.30. The van der Waals surface area contributed by atoms with Gasteiger partial charge >= 0.3 is 5.97 Å². The summed E-state index contributed by atoms with van der Waals surface area (Å²) in [6, 6.07) is -0.740. The highest BCUT2D eigenvalue weighted by Crippen LogP contribution is 2.53. The Morgan fingerprint density at radius 3 is 2.44 bits per heavy atom. The van der Waals surface area contributed by atoms with Crippen LogP contribution in [0.2, 0.25) is 0 Å². The number of benzene rings is 1. The van der Waals surface area contributed by atoms with Crippen molar-refractivity contribution >= 4 is 22.6 Å². The van der Waals surface area contributed by atoms with Gasteiger partial charge in [-0.2, -0.15) is 0 Å². The first kappa shape index (κ1) is 17.8. The Labute approximate surface area is 150 Å². The zero-order chi connectivity index (χ0) is 19.5. The van der Waals surface area contributed by atoms with E-state index in [9.17, 15) is 27.9 Å². The molecule has 6 nitrogen and oxygen atoms in total. The van der Waals surface area contributed by atoms with Gasteiger partial charge in [0, 0.05) is 38.8 Å². The van der Waals surface area contributed by atoms with Crippen molar-refractivity contribution in [1.29, 1.82) is 0 Å². The van der Waals surface area contributed by atoms with E-state index in [4.69, 9.17) is 0 Å². The summed E-state index contributed by atoms with van der Waals surface area (Å²) >= 11 is 0. The molecule has 0 radical (unpaired) electrons. The second-order valence-corrected chi connectivity index (χ2v) is 6.72. The van der Waals surface area contributed by atoms with E-state index in [1.165, 1.54) is 4.90 Å². The lowest BCUT2D eigenvalue weighted by Crippen LogP contribution is -2.44. The number of halogens is 4. The molecule has 1 aromatic carbocycles. The van der Waals surface area contributed by atoms with Gasteiger partial charge < -0.3 is 19.9 Å². The number of aromatic nitrogens is 1. The molecule has 1 atom stereocenters. The molecule has 2 aliphatic rings. The zero-order valence-corrected chi connectivity index (χ0v) is 13.9. The number of anilines is 1. The molecular formula is C17H15F4N3O3. The molecule has 2 aromatic rings. The van der Waals surface area contributed by atoms with Crippen LogP contribution in [0, 0.1) is 11.6 Å². The van der Waals surface area contributed by atoms with Gasteiger partial charge in [0.25, 0.3) is 5.92 Å². The lowest BCUT2D eigenvalue weighted by atomic mass is 10.1. The van der Waals surface area contributed by atoms with Gasteiger partial charge in [0.05, 0.1) is 10.9 Å². The molecule has 2 N–H and O–H groups in total. The number of aromatic carboxylic acids is 1. The summed E-state index contributed by atoms with van der Waals surface area (Å²) in [7, 11) is 0. The number of rotatable bonds is 3. The number of pyridine rings is 1. The van der Waals surface area contributed by atoms with Crippen LogP contribution < -0.4 is 15.6 Å². The minimum Gasteiger partial charge on any atom is -0.477 e. The molecule has 27 heavy (non-hydrogen) atoms. The molecule has 0 spiro atoms. The van der Waals surface area contributed by atoms with E-state index >= 15 is 4.39 Å². The highest BCUT2D eigenvalue weighted by Gasteiger charge is 2.58. The Balaban J connectivity index is 2.03. The summed E-state index contributed by atoms with van der Waals surface area (Å²) in [6.45, 7) is 1.58. The maximum absolute atomic E-state index is 15.3. The predicted molar refractivity (Wildman–Crippen MR) is 88.8 cm³/mol. The van der Waals surface area contributed by atoms with E-state index in [0.29, 0.717) is 26.2 Å². The molecule has 1 aromatic heterocycles. The van der Waals surface area contributed by atoms with E-state index in [1.54, 1.807) is 0 Å². The number of fused-ring (bicyclic) bond motifs is 1. The number of carbonyl (C=O) groups is 1. The minimum atomic E-state index is -3.15. The minimum absolute atomic E-state index is 0.302. The van der Waals surface area contributed by atoms with Crippen LogP contribution in [0.25, 0.3) is 10.9 Å². The quantitative estimate of drug-likeness (QED) is 0.791. The van der Waals surface area contributed by atoms with Gasteiger partial charge in [-0.25, -0.2) is 22.4 Å². The van der Waals surface area contributed by atoms with Crippen molar-refractivity contribution in [3.63, 3.8) is 0 Å². The van der Waals surface area contributed by atoms with Crippen molar-refractivity contribution in [1.82, 2.24) is 9.88 Å². The third-order valence-corrected chi connectivity index (χ3v) is 4.98. The molecule has 1 aliphatic heterocycles. The number of carboxylic acids is 1. The summed E-state index contributed by atoms with van der Waals surface area (Å²) in [5.41, 5.74) is -2.81. The van der Waals surface area contributed by atoms with Crippen molar-refractivity contribution < 1.29 is 27.5 Å². The van der Waals surface area contributed by atoms with Gasteiger partial charge in [-0.1, -0.05) is 0 Å². The summed E-state index contributed by atoms with van der Waals surface area (Å²) in [5, 5.41) is 11.6. The van der Waals surface area contributed by atoms with E-state index in [2.05, 4.69) is 5.32 Å². The first-order valence-electron chi connectivity index (χ1n) is 8.36. The average Bonchev–Trinajstić information content (AvgIpc) is 3.24. The third kappa shape index (κ3) is 2.75. The fourth-order valence-electron chi connectivity index (χ4n) is 3.51. The maximum Gasteiger partial charge on any atom is 0.341 e. The van der Waals surface area contributed by atoms with Gasteiger partial charge in [0.2, 0.25) is 5.43 Å². The second-order valence-electron chi connectivity index (χ2n) is 6.72. The van der Waals surface area contributed by atoms with Gasteiger partial charge in [-0.05, 0) is 6.07 Å². The molecule has 4 rings (SSSR count). The van der Waals surface area contributed by atoms with Gasteiger partial charge in [0.1, 0.15) is 23.1 Å². The highest BCUT2D eigenvalue weighted by atomic mass is 19.3. The molecule has 0 bridgehead atoms. The number of nitrogens with one attached hydrogen (secondary N) is 1. The number of hydrogen-bond acceptors (Lipinski definition) is 4. The van der Waals surface area contributed by atoms with Crippen LogP contribution in [0.5, 0.6) is 0 Å². The van der Waals surface area contributed by atoms with Crippen molar-refractivity contribution in [2.24, 2.45) is 0 Å². The van der Waals surface area contributed by atoms with Crippen molar-refractivity contribution in [2.45, 2.75) is 18.4 Å². The third-order valence-electron chi connectivity index (χ3n) is 4.98. The zero-order valence-electron chi connectivity index (χ0n) is 13.9. The monoisotopic (exact) mass is 385 g/mol. The first-order valence-corrected chi connectivity index (χ1v) is 8.36. The van der Waals surface area contributed by atoms with E-state index in [-0.39, 0.29) is 0 Å². The van der Waals surface area contributed by atoms with Crippen LogP contribution in [-0.4, -0.2) is 47.7 Å². The maximum atomic E-state index is 15.3. The van der Waals surface area contributed by atoms with Crippen molar-refractivity contribution in [3.8, 4) is 0 Å². The Morgan fingerprint density at radius 2 is 1.89 bits per heavy atom. The number of piperazine rings is 1. The second kappa shape index (κ2) is 5.95. The van der Waals surface area contributed by atoms with Crippen molar-refractivity contribution in [3.05, 3.63) is 39.7 Å². The topological polar surface area (TPSA) is 74.6 Å². The fourth-order valence-corrected chi connectivity index (χ4v) is 3.51. The van der Waals surface area contributed by atoms with Gasteiger partial charge in [-0.15, -0.1) is 0 Å². The fraction of sp³-hybridized carbons (Fsp3) is 0.412. The predicted octanol–water partition coefficient (Wildman–Crippen LogP) is 1.97. The van der Waals surface area contributed by atoms with Crippen LogP contribution >= 0.6 is 0 Å². The van der Waals surface area contributed by atoms with Crippen LogP contribution in [0.1, 0.15) is 22.8 Å². The molecule has 0 amide bonds. The van der Waals surface area contributed by atoms with Crippen LogP contribution in [0.4, 0.5) is 23.2 Å².